The fourth-order valence-electron chi connectivity index (χ4n) is 3.00. The maximum Gasteiger partial charge on any atom is 0.454 e. The quantitative estimate of drug-likeness (QED) is 0.467. The van der Waals surface area contributed by atoms with E-state index in [2.05, 4.69) is 41.5 Å². The first-order valence-corrected chi connectivity index (χ1v) is 12.9. The summed E-state index contributed by atoms with van der Waals surface area (Å²) in [6, 6.07) is 0. The Morgan fingerprint density at radius 1 is 0.556 bits per heavy atom. The molecule has 0 atom stereocenters. The minimum absolute atomic E-state index is 0.00183. The predicted molar refractivity (Wildman–Crippen MR) is 147 cm³/mol. The fraction of sp³-hybridized carbons (Fsp3) is 1.00. The molecule has 0 aromatic carbocycles. The van der Waals surface area contributed by atoms with Crippen LogP contribution in [-0.4, -0.2) is 96.5 Å². The van der Waals surface area contributed by atoms with Crippen molar-refractivity contribution in [1.29, 1.82) is 0 Å². The minimum atomic E-state index is -1.17. The highest BCUT2D eigenvalue weighted by Gasteiger charge is 2.48. The molecule has 0 unspecified atom stereocenters. The standard InChI is InChI=1S/C7H15BO2.C6H13BO2.C4H9BO2.C3H7BO2.CH5BO2/c1-6(2)7(3,4)10-8(5)9-6;1-6(2)4-8-7(3)9-5-6;1-5-6-3-2-4-7-5;1-4-5-2-3-6-4;1-2(3)4/h1-5H3;4-5H2,1-3H3;2-4H2,1H3;2-3H2,1H3;3-4H,1H3. The van der Waals surface area contributed by atoms with Crippen molar-refractivity contribution in [3.63, 3.8) is 0 Å². The van der Waals surface area contributed by atoms with Crippen LogP contribution in [0.4, 0.5) is 0 Å². The summed E-state index contributed by atoms with van der Waals surface area (Å²) in [6.45, 7) is 26.3. The van der Waals surface area contributed by atoms with E-state index < -0.39 is 7.12 Å². The zero-order valence-corrected chi connectivity index (χ0v) is 24.5. The van der Waals surface area contributed by atoms with Gasteiger partial charge in [0.05, 0.1) is 24.4 Å². The summed E-state index contributed by atoms with van der Waals surface area (Å²) in [5.74, 6) is 0. The van der Waals surface area contributed by atoms with E-state index in [-0.39, 0.29) is 45.1 Å². The minimum Gasteiger partial charge on any atom is -0.427 e. The first-order valence-electron chi connectivity index (χ1n) is 12.9. The Hall–Kier alpha value is -0.0753. The highest BCUT2D eigenvalue weighted by molar-refractivity contribution is 6.44. The molecule has 10 nitrogen and oxygen atoms in total. The van der Waals surface area contributed by atoms with Crippen molar-refractivity contribution in [3.8, 4) is 0 Å². The molecule has 4 aliphatic heterocycles. The van der Waals surface area contributed by atoms with Crippen LogP contribution in [0.15, 0.2) is 0 Å². The van der Waals surface area contributed by atoms with Crippen LogP contribution in [0.25, 0.3) is 0 Å². The van der Waals surface area contributed by atoms with Gasteiger partial charge in [0.25, 0.3) is 0 Å². The normalized spacial score (nSPS) is 23.6. The van der Waals surface area contributed by atoms with Gasteiger partial charge in [-0.15, -0.1) is 0 Å². The summed E-state index contributed by atoms with van der Waals surface area (Å²) in [6.07, 6.45) is 1.05. The second kappa shape index (κ2) is 17.5. The molecule has 4 aliphatic rings. The molecule has 4 fully saturated rings. The first kappa shape index (κ1) is 35.9. The van der Waals surface area contributed by atoms with Crippen LogP contribution in [-0.2, 0) is 37.2 Å². The second-order valence-corrected chi connectivity index (χ2v) is 10.8. The SMILES string of the molecule is CB(O)O.CB1OC(C)(C)C(C)(C)O1.CB1OCC(C)(C)CO1.CB1OCCCO1.CB1OCCO1. The van der Waals surface area contributed by atoms with E-state index in [4.69, 9.17) is 47.3 Å². The molecule has 0 amide bonds. The van der Waals surface area contributed by atoms with Gasteiger partial charge in [-0.2, -0.15) is 0 Å². The predicted octanol–water partition coefficient (Wildman–Crippen LogP) is 2.67. The molecule has 4 rings (SSSR count). The Bertz CT molecular complexity index is 530. The maximum absolute atomic E-state index is 7.61. The topological polar surface area (TPSA) is 114 Å². The molecule has 4 saturated heterocycles. The van der Waals surface area contributed by atoms with Crippen LogP contribution < -0.4 is 0 Å². The molecule has 15 heteroatoms. The lowest BCUT2D eigenvalue weighted by Crippen LogP contribution is -2.41. The number of hydrogen-bond donors (Lipinski definition) is 2. The zero-order chi connectivity index (χ0) is 28.0. The highest BCUT2D eigenvalue weighted by Crippen LogP contribution is 2.36. The van der Waals surface area contributed by atoms with Gasteiger partial charge in [0.15, 0.2) is 0 Å². The highest BCUT2D eigenvalue weighted by atomic mass is 16.7. The van der Waals surface area contributed by atoms with Crippen molar-refractivity contribution in [1.82, 2.24) is 0 Å². The third-order valence-electron chi connectivity index (χ3n) is 5.57. The third-order valence-corrected chi connectivity index (χ3v) is 5.57. The molecule has 2 N–H and O–H groups in total. The van der Waals surface area contributed by atoms with Gasteiger partial charge in [-0.1, -0.05) is 13.8 Å². The summed E-state index contributed by atoms with van der Waals surface area (Å²) >= 11 is 0. The summed E-state index contributed by atoms with van der Waals surface area (Å²) in [4.78, 5) is 0. The number of rotatable bonds is 0. The van der Waals surface area contributed by atoms with Crippen LogP contribution in [0.5, 0.6) is 0 Å². The van der Waals surface area contributed by atoms with Crippen molar-refractivity contribution in [3.05, 3.63) is 0 Å². The van der Waals surface area contributed by atoms with Crippen LogP contribution in [0.3, 0.4) is 0 Å². The van der Waals surface area contributed by atoms with Gasteiger partial charge in [-0.25, -0.2) is 0 Å². The van der Waals surface area contributed by atoms with Crippen LogP contribution in [0.2, 0.25) is 34.1 Å². The van der Waals surface area contributed by atoms with Gasteiger partial charge in [-0.3, -0.25) is 0 Å². The van der Waals surface area contributed by atoms with Gasteiger partial charge >= 0.3 is 35.6 Å². The van der Waals surface area contributed by atoms with Crippen LogP contribution >= 0.6 is 0 Å². The average Bonchev–Trinajstić information content (AvgIpc) is 3.28. The Balaban J connectivity index is 0.000000439. The monoisotopic (exact) mass is 516 g/mol. The van der Waals surface area contributed by atoms with E-state index in [9.17, 15) is 0 Å². The fourth-order valence-corrected chi connectivity index (χ4v) is 3.00. The van der Waals surface area contributed by atoms with E-state index in [0.717, 1.165) is 46.1 Å². The molecular weight excluding hydrogens is 466 g/mol. The summed E-state index contributed by atoms with van der Waals surface area (Å²) in [5, 5.41) is 15.2. The summed E-state index contributed by atoms with van der Waals surface area (Å²) < 4.78 is 41.6. The van der Waals surface area contributed by atoms with Crippen LogP contribution in [0, 0.1) is 5.41 Å². The Morgan fingerprint density at radius 2 is 0.861 bits per heavy atom. The van der Waals surface area contributed by atoms with Crippen molar-refractivity contribution >= 4 is 35.6 Å². The molecule has 0 radical (unpaired) electrons. The molecule has 0 aromatic rings. The third kappa shape index (κ3) is 17.4. The van der Waals surface area contributed by atoms with E-state index in [0.29, 0.717) is 0 Å². The average molecular weight is 516 g/mol. The molecule has 0 aliphatic carbocycles. The first-order chi connectivity index (χ1) is 16.5. The maximum atomic E-state index is 7.61. The van der Waals surface area contributed by atoms with Gasteiger partial charge in [0.2, 0.25) is 0 Å². The van der Waals surface area contributed by atoms with Gasteiger partial charge in [0.1, 0.15) is 0 Å². The van der Waals surface area contributed by atoms with E-state index >= 15 is 0 Å². The van der Waals surface area contributed by atoms with Crippen molar-refractivity contribution in [2.45, 2.75) is 93.3 Å². The lowest BCUT2D eigenvalue weighted by atomic mass is 9.86. The zero-order valence-electron chi connectivity index (χ0n) is 24.5. The molecule has 0 bridgehead atoms. The lowest BCUT2D eigenvalue weighted by Gasteiger charge is -2.32. The molecule has 208 valence electrons. The smallest absolute Gasteiger partial charge is 0.427 e. The largest absolute Gasteiger partial charge is 0.454 e. The summed E-state index contributed by atoms with van der Waals surface area (Å²) in [7, 11) is -1.15. The van der Waals surface area contributed by atoms with Crippen LogP contribution in [0.1, 0.15) is 48.0 Å². The molecule has 0 saturated carbocycles. The summed E-state index contributed by atoms with van der Waals surface area (Å²) in [5.41, 5.74) is -0.106. The van der Waals surface area contributed by atoms with E-state index in [1.807, 2.05) is 27.3 Å². The van der Waals surface area contributed by atoms with Gasteiger partial charge in [0, 0.05) is 31.8 Å². The second-order valence-electron chi connectivity index (χ2n) is 10.8. The van der Waals surface area contributed by atoms with Gasteiger partial charge in [-0.05, 0) is 68.2 Å². The molecule has 0 aromatic heterocycles. The molecule has 36 heavy (non-hydrogen) atoms. The van der Waals surface area contributed by atoms with Crippen molar-refractivity contribution < 1.29 is 47.3 Å². The molecular formula is C21H49B5O10. The van der Waals surface area contributed by atoms with E-state index in [1.165, 1.54) is 6.82 Å². The van der Waals surface area contributed by atoms with Crippen molar-refractivity contribution in [2.75, 3.05) is 39.6 Å². The Morgan fingerprint density at radius 3 is 1.03 bits per heavy atom. The molecule has 4 heterocycles. The lowest BCUT2D eigenvalue weighted by molar-refractivity contribution is 0.00578. The Labute approximate surface area is 221 Å². The molecule has 0 spiro atoms. The van der Waals surface area contributed by atoms with Crippen molar-refractivity contribution in [2.24, 2.45) is 5.41 Å². The van der Waals surface area contributed by atoms with Gasteiger partial charge < -0.3 is 47.3 Å². The van der Waals surface area contributed by atoms with E-state index in [1.54, 1.807) is 0 Å². The Kier molecular flexibility index (Phi) is 17.5. The number of hydrogen-bond acceptors (Lipinski definition) is 10.